The van der Waals surface area contributed by atoms with Gasteiger partial charge in [-0.3, -0.25) is 0 Å². The van der Waals surface area contributed by atoms with E-state index in [1.54, 1.807) is 0 Å². The lowest BCUT2D eigenvalue weighted by atomic mass is 9.92. The summed E-state index contributed by atoms with van der Waals surface area (Å²) in [7, 11) is 0. The van der Waals surface area contributed by atoms with E-state index in [9.17, 15) is 0 Å². The molecule has 0 unspecified atom stereocenters. The van der Waals surface area contributed by atoms with Crippen LogP contribution in [0.2, 0.25) is 0 Å². The van der Waals surface area contributed by atoms with Crippen LogP contribution in [-0.4, -0.2) is 4.98 Å². The van der Waals surface area contributed by atoms with Crippen molar-refractivity contribution in [2.24, 2.45) is 5.73 Å². The van der Waals surface area contributed by atoms with Gasteiger partial charge in [0, 0.05) is 10.4 Å². The van der Waals surface area contributed by atoms with Gasteiger partial charge in [-0.25, -0.2) is 4.98 Å². The Morgan fingerprint density at radius 2 is 1.76 bits per heavy atom. The predicted molar refractivity (Wildman–Crippen MR) is 90.5 cm³/mol. The molecule has 21 heavy (non-hydrogen) atoms. The first kappa shape index (κ1) is 14.7. The molecule has 0 atom stereocenters. The number of aryl methyl sites for hydroxylation is 1. The van der Waals surface area contributed by atoms with E-state index in [1.807, 2.05) is 11.3 Å². The fourth-order valence-corrected chi connectivity index (χ4v) is 4.38. The molecule has 2 nitrogen and oxygen atoms in total. The minimum absolute atomic E-state index is 0.196. The second-order valence-electron chi connectivity index (χ2n) is 6.08. The van der Waals surface area contributed by atoms with Crippen LogP contribution in [0, 0.1) is 0 Å². The van der Waals surface area contributed by atoms with E-state index in [1.165, 1.54) is 36.1 Å². The average Bonchev–Trinajstić information content (AvgIpc) is 2.85. The van der Waals surface area contributed by atoms with Gasteiger partial charge in [0.15, 0.2) is 0 Å². The summed E-state index contributed by atoms with van der Waals surface area (Å²) in [4.78, 5) is 6.35. The van der Waals surface area contributed by atoms with E-state index < -0.39 is 0 Å². The number of nitrogens with zero attached hydrogens (tertiary/aromatic N) is 1. The van der Waals surface area contributed by atoms with Crippen LogP contribution in [0.4, 0.5) is 0 Å². The lowest BCUT2D eigenvalue weighted by Crippen LogP contribution is -2.35. The Kier molecular flexibility index (Phi) is 4.41. The molecule has 0 spiro atoms. The number of hydrogen-bond acceptors (Lipinski definition) is 3. The molecule has 1 aromatic carbocycles. The summed E-state index contributed by atoms with van der Waals surface area (Å²) in [6.45, 7) is 2.21. The van der Waals surface area contributed by atoms with Gasteiger partial charge in [0.1, 0.15) is 5.01 Å². The second kappa shape index (κ2) is 6.29. The predicted octanol–water partition coefficient (Wildman–Crippen LogP) is 4.88. The van der Waals surface area contributed by atoms with E-state index in [2.05, 4.69) is 37.3 Å². The molecule has 0 saturated heterocycles. The lowest BCUT2D eigenvalue weighted by Gasteiger charge is -2.25. The SMILES string of the molecule is CCc1sc(C2(N)CCCCCC2)nc1-c1ccccc1. The van der Waals surface area contributed by atoms with Gasteiger partial charge in [0.05, 0.1) is 11.2 Å². The van der Waals surface area contributed by atoms with Gasteiger partial charge < -0.3 is 5.73 Å². The molecule has 0 radical (unpaired) electrons. The van der Waals surface area contributed by atoms with Crippen molar-refractivity contribution in [2.45, 2.75) is 57.4 Å². The fraction of sp³-hybridized carbons (Fsp3) is 0.500. The van der Waals surface area contributed by atoms with Gasteiger partial charge in [-0.15, -0.1) is 11.3 Å². The third kappa shape index (κ3) is 3.04. The molecule has 3 heteroatoms. The number of aromatic nitrogens is 1. The van der Waals surface area contributed by atoms with Gasteiger partial charge in [-0.2, -0.15) is 0 Å². The van der Waals surface area contributed by atoms with E-state index in [0.29, 0.717) is 0 Å². The van der Waals surface area contributed by atoms with Crippen molar-refractivity contribution in [1.82, 2.24) is 4.98 Å². The smallest absolute Gasteiger partial charge is 0.113 e. The zero-order valence-electron chi connectivity index (χ0n) is 12.8. The molecule has 3 rings (SSSR count). The number of thiazole rings is 1. The molecular formula is C18H24N2S. The van der Waals surface area contributed by atoms with Gasteiger partial charge >= 0.3 is 0 Å². The van der Waals surface area contributed by atoms with Crippen LogP contribution in [0.1, 0.15) is 55.3 Å². The highest BCUT2D eigenvalue weighted by atomic mass is 32.1. The molecule has 112 valence electrons. The average molecular weight is 300 g/mol. The fourth-order valence-electron chi connectivity index (χ4n) is 3.20. The van der Waals surface area contributed by atoms with Gasteiger partial charge in [0.2, 0.25) is 0 Å². The van der Waals surface area contributed by atoms with Crippen LogP contribution in [0.15, 0.2) is 30.3 Å². The van der Waals surface area contributed by atoms with Gasteiger partial charge in [0.25, 0.3) is 0 Å². The molecule has 0 aliphatic heterocycles. The van der Waals surface area contributed by atoms with E-state index >= 15 is 0 Å². The zero-order chi connectivity index (χ0) is 14.7. The number of benzene rings is 1. The van der Waals surface area contributed by atoms with Crippen molar-refractivity contribution in [3.05, 3.63) is 40.2 Å². The lowest BCUT2D eigenvalue weighted by molar-refractivity contribution is 0.384. The molecular weight excluding hydrogens is 276 g/mol. The molecule has 1 aliphatic rings. The first-order valence-corrected chi connectivity index (χ1v) is 8.89. The van der Waals surface area contributed by atoms with Gasteiger partial charge in [-0.05, 0) is 19.3 Å². The Balaban J connectivity index is 1.99. The third-order valence-electron chi connectivity index (χ3n) is 4.49. The maximum atomic E-state index is 6.74. The molecule has 2 N–H and O–H groups in total. The van der Waals surface area contributed by atoms with Crippen molar-refractivity contribution in [2.75, 3.05) is 0 Å². The van der Waals surface area contributed by atoms with Crippen molar-refractivity contribution < 1.29 is 0 Å². The largest absolute Gasteiger partial charge is 0.319 e. The molecule has 1 aliphatic carbocycles. The molecule has 1 saturated carbocycles. The highest BCUT2D eigenvalue weighted by Gasteiger charge is 2.32. The Morgan fingerprint density at radius 1 is 1.10 bits per heavy atom. The van der Waals surface area contributed by atoms with Crippen molar-refractivity contribution in [1.29, 1.82) is 0 Å². The third-order valence-corrected chi connectivity index (χ3v) is 5.91. The molecule has 2 aromatic rings. The van der Waals surface area contributed by atoms with Crippen LogP contribution in [0.3, 0.4) is 0 Å². The first-order chi connectivity index (χ1) is 10.2. The summed E-state index contributed by atoms with van der Waals surface area (Å²) in [5.74, 6) is 0. The minimum Gasteiger partial charge on any atom is -0.319 e. The van der Waals surface area contributed by atoms with Crippen molar-refractivity contribution >= 4 is 11.3 Å². The first-order valence-electron chi connectivity index (χ1n) is 8.07. The summed E-state index contributed by atoms with van der Waals surface area (Å²) in [6.07, 6.45) is 8.29. The van der Waals surface area contributed by atoms with Crippen LogP contribution in [0.5, 0.6) is 0 Å². The highest BCUT2D eigenvalue weighted by Crippen LogP contribution is 2.39. The maximum Gasteiger partial charge on any atom is 0.113 e. The Morgan fingerprint density at radius 3 is 2.38 bits per heavy atom. The van der Waals surface area contributed by atoms with Gasteiger partial charge in [-0.1, -0.05) is 62.9 Å². The Labute approximate surface area is 131 Å². The number of hydrogen-bond donors (Lipinski definition) is 1. The maximum absolute atomic E-state index is 6.74. The van der Waals surface area contributed by atoms with Crippen molar-refractivity contribution in [3.8, 4) is 11.3 Å². The Hall–Kier alpha value is -1.19. The summed E-state index contributed by atoms with van der Waals surface area (Å²) in [6, 6.07) is 10.5. The topological polar surface area (TPSA) is 38.9 Å². The molecule has 1 fully saturated rings. The molecule has 1 aromatic heterocycles. The summed E-state index contributed by atoms with van der Waals surface area (Å²) >= 11 is 1.83. The van der Waals surface area contributed by atoms with Crippen LogP contribution in [-0.2, 0) is 12.0 Å². The zero-order valence-corrected chi connectivity index (χ0v) is 13.6. The summed E-state index contributed by atoms with van der Waals surface area (Å²) < 4.78 is 0. The highest BCUT2D eigenvalue weighted by molar-refractivity contribution is 7.12. The quantitative estimate of drug-likeness (QED) is 0.820. The second-order valence-corrected chi connectivity index (χ2v) is 7.16. The number of rotatable bonds is 3. The van der Waals surface area contributed by atoms with E-state index in [0.717, 1.165) is 30.0 Å². The van der Waals surface area contributed by atoms with Crippen molar-refractivity contribution in [3.63, 3.8) is 0 Å². The van der Waals surface area contributed by atoms with Crippen LogP contribution in [0.25, 0.3) is 11.3 Å². The molecule has 1 heterocycles. The minimum atomic E-state index is -0.196. The van der Waals surface area contributed by atoms with Crippen LogP contribution >= 0.6 is 11.3 Å². The normalized spacial score (nSPS) is 18.4. The standard InChI is InChI=1S/C18H24N2S/c1-2-15-16(14-10-6-5-7-11-14)20-17(21-15)18(19)12-8-3-4-9-13-18/h5-7,10-11H,2-4,8-9,12-13,19H2,1H3. The molecule has 0 bridgehead atoms. The summed E-state index contributed by atoms with van der Waals surface area (Å²) in [5, 5.41) is 1.15. The number of nitrogens with two attached hydrogens (primary N) is 1. The monoisotopic (exact) mass is 300 g/mol. The van der Waals surface area contributed by atoms with E-state index in [-0.39, 0.29) is 5.54 Å². The Bertz CT molecular complexity index is 581. The van der Waals surface area contributed by atoms with E-state index in [4.69, 9.17) is 10.7 Å². The summed E-state index contributed by atoms with van der Waals surface area (Å²) in [5.41, 5.74) is 8.91. The molecule has 0 amide bonds. The van der Waals surface area contributed by atoms with Crippen LogP contribution < -0.4 is 5.73 Å².